The van der Waals surface area contributed by atoms with Crippen molar-refractivity contribution >= 4 is 29.4 Å². The number of anilines is 1. The molecule has 0 spiro atoms. The van der Waals surface area contributed by atoms with Gasteiger partial charge in [0.05, 0.1) is 0 Å². The summed E-state index contributed by atoms with van der Waals surface area (Å²) in [6, 6.07) is 5.74. The van der Waals surface area contributed by atoms with Crippen molar-refractivity contribution in [1.29, 1.82) is 0 Å². The van der Waals surface area contributed by atoms with E-state index in [9.17, 15) is 9.59 Å². The Morgan fingerprint density at radius 2 is 2.00 bits per heavy atom. The predicted molar refractivity (Wildman–Crippen MR) is 80.6 cm³/mol. The van der Waals surface area contributed by atoms with Crippen LogP contribution >= 0.6 is 11.8 Å². The van der Waals surface area contributed by atoms with E-state index in [-0.39, 0.29) is 0 Å². The fourth-order valence-corrected chi connectivity index (χ4v) is 1.99. The lowest BCUT2D eigenvalue weighted by atomic mass is 10.2. The van der Waals surface area contributed by atoms with E-state index in [0.29, 0.717) is 24.4 Å². The molecule has 2 amide bonds. The van der Waals surface area contributed by atoms with Crippen LogP contribution in [-0.4, -0.2) is 35.2 Å². The number of amides is 2. The standard InChI is InChI=1S/C13H19N3O3S/c1-20-7-6-11(12(17)18)16-13(19)15-8-9-2-4-10(14)5-3-9/h2-5,11H,6-8,14H2,1H3,(H,17,18)(H2,15,16,19). The molecule has 0 saturated heterocycles. The highest BCUT2D eigenvalue weighted by molar-refractivity contribution is 7.98. The molecule has 0 bridgehead atoms. The van der Waals surface area contributed by atoms with Crippen LogP contribution in [0.5, 0.6) is 0 Å². The van der Waals surface area contributed by atoms with Crippen LogP contribution in [0.25, 0.3) is 0 Å². The molecule has 0 heterocycles. The maximum Gasteiger partial charge on any atom is 0.326 e. The second kappa shape index (κ2) is 8.31. The normalized spacial score (nSPS) is 11.7. The van der Waals surface area contributed by atoms with Gasteiger partial charge in [-0.25, -0.2) is 9.59 Å². The van der Waals surface area contributed by atoms with Gasteiger partial charge in [0.25, 0.3) is 0 Å². The van der Waals surface area contributed by atoms with Crippen LogP contribution in [0, 0.1) is 0 Å². The molecule has 1 rings (SSSR count). The van der Waals surface area contributed by atoms with Crippen LogP contribution in [0.15, 0.2) is 24.3 Å². The van der Waals surface area contributed by atoms with Gasteiger partial charge < -0.3 is 21.5 Å². The van der Waals surface area contributed by atoms with Crippen molar-refractivity contribution in [2.75, 3.05) is 17.7 Å². The molecule has 20 heavy (non-hydrogen) atoms. The van der Waals surface area contributed by atoms with Crippen LogP contribution in [-0.2, 0) is 11.3 Å². The first-order valence-corrected chi connectivity index (χ1v) is 7.53. The second-order valence-corrected chi connectivity index (χ2v) is 5.23. The van der Waals surface area contributed by atoms with Gasteiger partial charge in [-0.05, 0) is 36.1 Å². The summed E-state index contributed by atoms with van der Waals surface area (Å²) < 4.78 is 0. The Bertz CT molecular complexity index is 451. The van der Waals surface area contributed by atoms with Gasteiger partial charge in [0, 0.05) is 12.2 Å². The highest BCUT2D eigenvalue weighted by atomic mass is 32.2. The average molecular weight is 297 g/mol. The zero-order valence-corrected chi connectivity index (χ0v) is 12.1. The third-order valence-corrected chi connectivity index (χ3v) is 3.29. The second-order valence-electron chi connectivity index (χ2n) is 4.24. The summed E-state index contributed by atoms with van der Waals surface area (Å²) in [6.07, 6.45) is 2.28. The van der Waals surface area contributed by atoms with E-state index >= 15 is 0 Å². The van der Waals surface area contributed by atoms with Crippen molar-refractivity contribution in [2.24, 2.45) is 0 Å². The number of hydrogen-bond donors (Lipinski definition) is 4. The van der Waals surface area contributed by atoms with E-state index in [0.717, 1.165) is 5.56 Å². The minimum atomic E-state index is -1.03. The lowest BCUT2D eigenvalue weighted by Gasteiger charge is -2.14. The molecule has 1 atom stereocenters. The number of benzene rings is 1. The summed E-state index contributed by atoms with van der Waals surface area (Å²) in [5.41, 5.74) is 7.11. The minimum Gasteiger partial charge on any atom is -0.480 e. The van der Waals surface area contributed by atoms with Crippen molar-refractivity contribution in [2.45, 2.75) is 19.0 Å². The number of nitrogens with two attached hydrogens (primary N) is 1. The quantitative estimate of drug-likeness (QED) is 0.567. The van der Waals surface area contributed by atoms with E-state index in [4.69, 9.17) is 10.8 Å². The lowest BCUT2D eigenvalue weighted by molar-refractivity contribution is -0.139. The summed E-state index contributed by atoms with van der Waals surface area (Å²) in [7, 11) is 0. The molecule has 1 aromatic carbocycles. The van der Waals surface area contributed by atoms with Crippen molar-refractivity contribution in [1.82, 2.24) is 10.6 Å². The number of urea groups is 1. The van der Waals surface area contributed by atoms with Gasteiger partial charge in [-0.2, -0.15) is 11.8 Å². The van der Waals surface area contributed by atoms with Gasteiger partial charge in [-0.1, -0.05) is 12.1 Å². The zero-order chi connectivity index (χ0) is 15.0. The van der Waals surface area contributed by atoms with Gasteiger partial charge in [0.15, 0.2) is 0 Å². The predicted octanol–water partition coefficient (Wildman–Crippen LogP) is 1.27. The van der Waals surface area contributed by atoms with Gasteiger partial charge in [-0.3, -0.25) is 0 Å². The Kier molecular flexibility index (Phi) is 6.72. The SMILES string of the molecule is CSCCC(NC(=O)NCc1ccc(N)cc1)C(=O)O. The lowest BCUT2D eigenvalue weighted by Crippen LogP contribution is -2.46. The molecule has 0 radical (unpaired) electrons. The monoisotopic (exact) mass is 297 g/mol. The number of carboxylic acid groups (broad SMARTS) is 1. The summed E-state index contributed by atoms with van der Waals surface area (Å²) in [6.45, 7) is 0.320. The number of hydrogen-bond acceptors (Lipinski definition) is 4. The maximum absolute atomic E-state index is 11.6. The van der Waals surface area contributed by atoms with E-state index in [1.54, 1.807) is 24.3 Å². The van der Waals surface area contributed by atoms with Crippen LogP contribution in [0.1, 0.15) is 12.0 Å². The Morgan fingerprint density at radius 3 is 2.55 bits per heavy atom. The molecule has 5 N–H and O–H groups in total. The van der Waals surface area contributed by atoms with Crippen molar-refractivity contribution in [3.63, 3.8) is 0 Å². The number of aliphatic carboxylic acids is 1. The molecule has 0 aromatic heterocycles. The molecular weight excluding hydrogens is 278 g/mol. The van der Waals surface area contributed by atoms with E-state index in [1.165, 1.54) is 11.8 Å². The third-order valence-electron chi connectivity index (χ3n) is 2.65. The highest BCUT2D eigenvalue weighted by Crippen LogP contribution is 2.05. The first-order valence-electron chi connectivity index (χ1n) is 6.13. The highest BCUT2D eigenvalue weighted by Gasteiger charge is 2.18. The van der Waals surface area contributed by atoms with Crippen LogP contribution in [0.3, 0.4) is 0 Å². The van der Waals surface area contributed by atoms with E-state index in [1.807, 2.05) is 6.26 Å². The van der Waals surface area contributed by atoms with Gasteiger partial charge in [0.2, 0.25) is 0 Å². The van der Waals surface area contributed by atoms with Crippen LogP contribution in [0.2, 0.25) is 0 Å². The average Bonchev–Trinajstić information content (AvgIpc) is 2.42. The molecule has 0 aliphatic heterocycles. The molecule has 6 nitrogen and oxygen atoms in total. The summed E-state index contributed by atoms with van der Waals surface area (Å²) in [4.78, 5) is 22.6. The first-order chi connectivity index (χ1) is 9.52. The Labute approximate surface area is 122 Å². The number of thioether (sulfide) groups is 1. The van der Waals surface area contributed by atoms with E-state index < -0.39 is 18.0 Å². The molecular formula is C13H19N3O3S. The maximum atomic E-state index is 11.6. The molecule has 0 aliphatic rings. The summed E-state index contributed by atoms with van der Waals surface area (Å²) in [5.74, 6) is -0.350. The number of nitrogens with one attached hydrogen (secondary N) is 2. The number of carboxylic acids is 1. The fourth-order valence-electron chi connectivity index (χ4n) is 1.52. The van der Waals surface area contributed by atoms with E-state index in [2.05, 4.69) is 10.6 Å². The summed E-state index contributed by atoms with van der Waals surface area (Å²) in [5, 5.41) is 14.1. The van der Waals surface area contributed by atoms with Gasteiger partial charge in [-0.15, -0.1) is 0 Å². The fraction of sp³-hybridized carbons (Fsp3) is 0.385. The van der Waals surface area contributed by atoms with Crippen molar-refractivity contribution in [3.05, 3.63) is 29.8 Å². The minimum absolute atomic E-state index is 0.320. The third kappa shape index (κ3) is 5.83. The van der Waals surface area contributed by atoms with Gasteiger partial charge in [0.1, 0.15) is 6.04 Å². The number of rotatable bonds is 7. The Balaban J connectivity index is 2.41. The van der Waals surface area contributed by atoms with Crippen molar-refractivity contribution < 1.29 is 14.7 Å². The van der Waals surface area contributed by atoms with Crippen LogP contribution in [0.4, 0.5) is 10.5 Å². The smallest absolute Gasteiger partial charge is 0.326 e. The summed E-state index contributed by atoms with van der Waals surface area (Å²) >= 11 is 1.54. The Morgan fingerprint density at radius 1 is 1.35 bits per heavy atom. The number of carbonyl (C=O) groups is 2. The molecule has 0 fully saturated rings. The molecule has 0 aliphatic carbocycles. The Hall–Kier alpha value is -1.89. The zero-order valence-electron chi connectivity index (χ0n) is 11.3. The molecule has 0 saturated carbocycles. The topological polar surface area (TPSA) is 104 Å². The molecule has 1 aromatic rings. The number of nitrogen functional groups attached to an aromatic ring is 1. The molecule has 1 unspecified atom stereocenters. The first kappa shape index (κ1) is 16.2. The van der Waals surface area contributed by atoms with Gasteiger partial charge >= 0.3 is 12.0 Å². The molecule has 110 valence electrons. The molecule has 7 heteroatoms. The van der Waals surface area contributed by atoms with Crippen molar-refractivity contribution in [3.8, 4) is 0 Å². The largest absolute Gasteiger partial charge is 0.480 e. The number of carbonyl (C=O) groups excluding carboxylic acids is 1. The van der Waals surface area contributed by atoms with Crippen LogP contribution < -0.4 is 16.4 Å².